The minimum atomic E-state index is 0.529. The van der Waals surface area contributed by atoms with E-state index in [4.69, 9.17) is 4.74 Å². The summed E-state index contributed by atoms with van der Waals surface area (Å²) in [4.78, 5) is 4.37. The molecule has 6 nitrogen and oxygen atoms in total. The Balaban J connectivity index is 1.52. The molecule has 0 unspecified atom stereocenters. The molecular weight excluding hydrogens is 350 g/mol. The fourth-order valence-electron chi connectivity index (χ4n) is 3.44. The first kappa shape index (κ1) is 17.8. The molecule has 0 aliphatic rings. The molecule has 0 saturated carbocycles. The maximum atomic E-state index is 9.48. The highest BCUT2D eigenvalue weighted by Gasteiger charge is 2.10. The van der Waals surface area contributed by atoms with E-state index in [9.17, 15) is 5.26 Å². The van der Waals surface area contributed by atoms with Crippen molar-refractivity contribution >= 4 is 27.5 Å². The van der Waals surface area contributed by atoms with Crippen molar-refractivity contribution in [2.45, 2.75) is 19.9 Å². The summed E-state index contributed by atoms with van der Waals surface area (Å²) in [6, 6.07) is 16.1. The highest BCUT2D eigenvalue weighted by atomic mass is 16.5. The lowest BCUT2D eigenvalue weighted by Gasteiger charge is -2.12. The van der Waals surface area contributed by atoms with Crippen molar-refractivity contribution in [3.05, 3.63) is 59.9 Å². The smallest absolute Gasteiger partial charge is 0.119 e. The summed E-state index contributed by atoms with van der Waals surface area (Å²) in [6.45, 7) is 3.63. The number of benzene rings is 2. The largest absolute Gasteiger partial charge is 0.497 e. The van der Waals surface area contributed by atoms with Gasteiger partial charge >= 0.3 is 0 Å². The monoisotopic (exact) mass is 371 g/mol. The van der Waals surface area contributed by atoms with Crippen LogP contribution in [0.4, 0.5) is 5.69 Å². The number of methoxy groups -OCH3 is 1. The van der Waals surface area contributed by atoms with Gasteiger partial charge in [0.25, 0.3) is 0 Å². The van der Waals surface area contributed by atoms with E-state index in [1.165, 1.54) is 11.1 Å². The highest BCUT2D eigenvalue weighted by Crippen LogP contribution is 2.29. The van der Waals surface area contributed by atoms with Crippen molar-refractivity contribution < 1.29 is 4.74 Å². The molecule has 1 N–H and O–H groups in total. The molecule has 140 valence electrons. The fourth-order valence-corrected chi connectivity index (χ4v) is 3.44. The van der Waals surface area contributed by atoms with E-state index in [-0.39, 0.29) is 0 Å². The van der Waals surface area contributed by atoms with Gasteiger partial charge in [0.05, 0.1) is 29.4 Å². The van der Waals surface area contributed by atoms with Crippen molar-refractivity contribution in [1.29, 1.82) is 5.26 Å². The van der Waals surface area contributed by atoms with E-state index in [2.05, 4.69) is 34.5 Å². The summed E-state index contributed by atoms with van der Waals surface area (Å²) in [5, 5.41) is 19.7. The second kappa shape index (κ2) is 7.57. The molecule has 4 rings (SSSR count). The Morgan fingerprint density at radius 3 is 2.79 bits per heavy atom. The molecule has 2 aromatic carbocycles. The molecule has 0 radical (unpaired) electrons. The molecule has 0 bridgehead atoms. The Hall–Kier alpha value is -3.59. The van der Waals surface area contributed by atoms with Gasteiger partial charge in [0.2, 0.25) is 0 Å². The number of nitrogens with one attached hydrogen (secondary N) is 1. The standard InChI is InChI=1S/C22H21N5O/c1-15-18-6-3-4-7-21(18)26-27(15)11-5-10-24-22-16(13-23)14-25-20-9-8-17(28-2)12-19(20)22/h3-4,6-9,12,14H,5,10-11H2,1-2H3,(H,24,25). The Kier molecular flexibility index (Phi) is 4.81. The van der Waals surface area contributed by atoms with Crippen molar-refractivity contribution in [3.8, 4) is 11.8 Å². The van der Waals surface area contributed by atoms with Crippen molar-refractivity contribution in [3.63, 3.8) is 0 Å². The van der Waals surface area contributed by atoms with Crippen LogP contribution in [0.3, 0.4) is 0 Å². The second-order valence-electron chi connectivity index (χ2n) is 6.65. The maximum Gasteiger partial charge on any atom is 0.119 e. The normalized spacial score (nSPS) is 10.9. The maximum absolute atomic E-state index is 9.48. The molecular formula is C22H21N5O. The number of pyridine rings is 1. The number of nitrogens with zero attached hydrogens (tertiary/aromatic N) is 4. The van der Waals surface area contributed by atoms with Gasteiger partial charge in [-0.05, 0) is 37.6 Å². The molecule has 6 heteroatoms. The fraction of sp³-hybridized carbons (Fsp3) is 0.227. The molecule has 0 aliphatic carbocycles. The van der Waals surface area contributed by atoms with Gasteiger partial charge in [0.15, 0.2) is 0 Å². The summed E-state index contributed by atoms with van der Waals surface area (Å²) in [7, 11) is 1.63. The number of nitriles is 1. The quantitative estimate of drug-likeness (QED) is 0.512. The van der Waals surface area contributed by atoms with Gasteiger partial charge in [-0.2, -0.15) is 10.4 Å². The number of ether oxygens (including phenoxy) is 1. The van der Waals surface area contributed by atoms with Crippen LogP contribution in [0.1, 0.15) is 17.7 Å². The van der Waals surface area contributed by atoms with Gasteiger partial charge < -0.3 is 10.1 Å². The Bertz CT molecular complexity index is 1190. The summed E-state index contributed by atoms with van der Waals surface area (Å²) >= 11 is 0. The SMILES string of the molecule is COc1ccc2ncc(C#N)c(NCCCn3nc4ccccc4c3C)c2c1. The molecule has 2 aromatic heterocycles. The van der Waals surface area contributed by atoms with Crippen LogP contribution in [0.25, 0.3) is 21.8 Å². The predicted octanol–water partition coefficient (Wildman–Crippen LogP) is 4.28. The van der Waals surface area contributed by atoms with Crippen LogP contribution in [0.15, 0.2) is 48.7 Å². The third kappa shape index (κ3) is 3.23. The highest BCUT2D eigenvalue weighted by molar-refractivity contribution is 5.94. The van der Waals surface area contributed by atoms with E-state index in [0.29, 0.717) is 5.56 Å². The van der Waals surface area contributed by atoms with Gasteiger partial charge in [0.1, 0.15) is 11.8 Å². The molecule has 0 amide bonds. The second-order valence-corrected chi connectivity index (χ2v) is 6.65. The van der Waals surface area contributed by atoms with Gasteiger partial charge in [-0.3, -0.25) is 9.67 Å². The van der Waals surface area contributed by atoms with Gasteiger partial charge in [-0.25, -0.2) is 0 Å². The van der Waals surface area contributed by atoms with Crippen LogP contribution in [0, 0.1) is 18.3 Å². The zero-order valence-corrected chi connectivity index (χ0v) is 15.9. The number of anilines is 1. The van der Waals surface area contributed by atoms with E-state index < -0.39 is 0 Å². The number of aryl methyl sites for hydroxylation is 2. The first-order valence-corrected chi connectivity index (χ1v) is 9.24. The van der Waals surface area contributed by atoms with Crippen LogP contribution in [0.2, 0.25) is 0 Å². The van der Waals surface area contributed by atoms with Crippen molar-refractivity contribution in [2.75, 3.05) is 19.0 Å². The predicted molar refractivity (Wildman–Crippen MR) is 111 cm³/mol. The summed E-state index contributed by atoms with van der Waals surface area (Å²) in [6.07, 6.45) is 2.50. The Morgan fingerprint density at radius 1 is 1.14 bits per heavy atom. The van der Waals surface area contributed by atoms with Gasteiger partial charge in [0, 0.05) is 35.8 Å². The van der Waals surface area contributed by atoms with E-state index in [1.54, 1.807) is 13.3 Å². The lowest BCUT2D eigenvalue weighted by molar-refractivity contribution is 0.415. The Morgan fingerprint density at radius 2 is 2.00 bits per heavy atom. The van der Waals surface area contributed by atoms with Crippen molar-refractivity contribution in [2.24, 2.45) is 0 Å². The molecule has 28 heavy (non-hydrogen) atoms. The average Bonchev–Trinajstić information content (AvgIpc) is 3.06. The number of hydrogen-bond acceptors (Lipinski definition) is 5. The van der Waals surface area contributed by atoms with Gasteiger partial charge in [-0.15, -0.1) is 0 Å². The average molecular weight is 371 g/mol. The summed E-state index contributed by atoms with van der Waals surface area (Å²) in [5.74, 6) is 0.742. The van der Waals surface area contributed by atoms with Crippen LogP contribution < -0.4 is 10.1 Å². The molecule has 0 fully saturated rings. The number of hydrogen-bond donors (Lipinski definition) is 1. The third-order valence-electron chi connectivity index (χ3n) is 4.95. The summed E-state index contributed by atoms with van der Waals surface area (Å²) < 4.78 is 7.37. The summed E-state index contributed by atoms with van der Waals surface area (Å²) in [5.41, 5.74) is 4.35. The zero-order valence-electron chi connectivity index (χ0n) is 15.9. The molecule has 0 aliphatic heterocycles. The van der Waals surface area contributed by atoms with Crippen LogP contribution in [-0.2, 0) is 6.54 Å². The molecule has 0 atom stereocenters. The number of rotatable bonds is 6. The topological polar surface area (TPSA) is 75.8 Å². The first-order chi connectivity index (χ1) is 13.7. The number of aromatic nitrogens is 3. The molecule has 4 aromatic rings. The Labute approximate surface area is 163 Å². The molecule has 2 heterocycles. The first-order valence-electron chi connectivity index (χ1n) is 9.24. The lowest BCUT2D eigenvalue weighted by Crippen LogP contribution is -2.10. The van der Waals surface area contributed by atoms with Gasteiger partial charge in [-0.1, -0.05) is 18.2 Å². The van der Waals surface area contributed by atoms with Crippen LogP contribution in [-0.4, -0.2) is 28.4 Å². The zero-order chi connectivity index (χ0) is 19.5. The van der Waals surface area contributed by atoms with E-state index in [0.717, 1.165) is 47.4 Å². The van der Waals surface area contributed by atoms with E-state index >= 15 is 0 Å². The van der Waals surface area contributed by atoms with E-state index in [1.807, 2.05) is 41.1 Å². The minimum Gasteiger partial charge on any atom is -0.497 e. The number of fused-ring (bicyclic) bond motifs is 2. The third-order valence-corrected chi connectivity index (χ3v) is 4.95. The van der Waals surface area contributed by atoms with Crippen molar-refractivity contribution in [1.82, 2.24) is 14.8 Å². The molecule has 0 spiro atoms. The minimum absolute atomic E-state index is 0.529. The van der Waals surface area contributed by atoms with Crippen LogP contribution >= 0.6 is 0 Å². The molecule has 0 saturated heterocycles. The van der Waals surface area contributed by atoms with Crippen LogP contribution in [0.5, 0.6) is 5.75 Å². The lowest BCUT2D eigenvalue weighted by atomic mass is 10.1.